The molecule has 8 heteroatoms. The second-order valence-electron chi connectivity index (χ2n) is 9.48. The molecule has 0 spiro atoms. The van der Waals surface area contributed by atoms with Crippen molar-refractivity contribution in [1.82, 2.24) is 0 Å². The summed E-state index contributed by atoms with van der Waals surface area (Å²) in [6, 6.07) is 21.5. The largest absolute Gasteiger partial charge is 0.493 e. The highest BCUT2D eigenvalue weighted by molar-refractivity contribution is 5.91. The van der Waals surface area contributed by atoms with E-state index in [1.807, 2.05) is 24.3 Å². The van der Waals surface area contributed by atoms with E-state index in [4.69, 9.17) is 24.7 Å². The number of likely N-dealkylation sites (N-methyl/N-ethyl adjacent to an activating group) is 1. The maximum Gasteiger partial charge on any atom is 0.319 e. The fourth-order valence-corrected chi connectivity index (χ4v) is 4.70. The SMILES string of the molecule is COc1ccc(CC[N+](C)(CCN(C(N)=O)c2ccc(OC)c(OC)c2)C(C)c2ccccc2)cc1OC. The van der Waals surface area contributed by atoms with Crippen LogP contribution in [-0.2, 0) is 6.42 Å². The zero-order valence-electron chi connectivity index (χ0n) is 23.3. The quantitative estimate of drug-likeness (QED) is 0.318. The Bertz CT molecular complexity index is 1200. The standard InChI is InChI=1S/C30H39N3O5/c1-22(24-10-8-7-9-11-24)33(2,18-16-23-12-14-26(35-3)28(20-23)37-5)19-17-32(30(31)34)25-13-15-27(36-4)29(21-25)38-6/h7-15,20-22H,16-19H2,1-6H3,(H-,31,34)/p+1. The third-order valence-electron chi connectivity index (χ3n) is 7.36. The number of hydrogen-bond acceptors (Lipinski definition) is 5. The molecular formula is C30H40N3O5+. The minimum atomic E-state index is -0.518. The maximum atomic E-state index is 12.6. The molecule has 0 aliphatic carbocycles. The number of nitrogens with two attached hydrogens (primary N) is 1. The number of hydrogen-bond donors (Lipinski definition) is 1. The van der Waals surface area contributed by atoms with Gasteiger partial charge in [-0.1, -0.05) is 36.4 Å². The number of anilines is 1. The van der Waals surface area contributed by atoms with Gasteiger partial charge in [0.1, 0.15) is 6.04 Å². The first-order chi connectivity index (χ1) is 18.3. The van der Waals surface area contributed by atoms with Crippen molar-refractivity contribution in [1.29, 1.82) is 0 Å². The topological polar surface area (TPSA) is 83.3 Å². The lowest BCUT2D eigenvalue weighted by Crippen LogP contribution is -2.52. The van der Waals surface area contributed by atoms with Gasteiger partial charge in [-0.25, -0.2) is 4.79 Å². The maximum absolute atomic E-state index is 12.6. The highest BCUT2D eigenvalue weighted by Gasteiger charge is 2.32. The lowest BCUT2D eigenvalue weighted by molar-refractivity contribution is -0.936. The molecule has 2 unspecified atom stereocenters. The van der Waals surface area contributed by atoms with Crippen LogP contribution >= 0.6 is 0 Å². The van der Waals surface area contributed by atoms with Gasteiger partial charge in [0, 0.05) is 23.7 Å². The smallest absolute Gasteiger partial charge is 0.319 e. The Hall–Kier alpha value is -3.91. The van der Waals surface area contributed by atoms with Crippen LogP contribution in [0.25, 0.3) is 0 Å². The van der Waals surface area contributed by atoms with Crippen molar-refractivity contribution < 1.29 is 28.2 Å². The molecule has 2 atom stereocenters. The second kappa shape index (κ2) is 13.1. The van der Waals surface area contributed by atoms with Gasteiger partial charge in [-0.15, -0.1) is 0 Å². The molecule has 0 aliphatic heterocycles. The van der Waals surface area contributed by atoms with Gasteiger partial charge in [0.25, 0.3) is 0 Å². The van der Waals surface area contributed by atoms with Crippen LogP contribution in [0.4, 0.5) is 10.5 Å². The monoisotopic (exact) mass is 522 g/mol. The van der Waals surface area contributed by atoms with Crippen LogP contribution in [0.1, 0.15) is 24.1 Å². The number of benzene rings is 3. The number of methoxy groups -OCH3 is 4. The van der Waals surface area contributed by atoms with E-state index in [2.05, 4.69) is 44.3 Å². The number of ether oxygens (including phenoxy) is 4. The third kappa shape index (κ3) is 6.69. The Morgan fingerprint density at radius 2 is 1.39 bits per heavy atom. The molecule has 2 amide bonds. The van der Waals surface area contributed by atoms with E-state index in [1.165, 1.54) is 5.56 Å². The fraction of sp³-hybridized carbons (Fsp3) is 0.367. The summed E-state index contributed by atoms with van der Waals surface area (Å²) in [4.78, 5) is 14.2. The van der Waals surface area contributed by atoms with Gasteiger partial charge >= 0.3 is 6.03 Å². The molecule has 0 radical (unpaired) electrons. The van der Waals surface area contributed by atoms with Crippen molar-refractivity contribution >= 4 is 11.7 Å². The summed E-state index contributed by atoms with van der Waals surface area (Å²) in [5.74, 6) is 2.55. The van der Waals surface area contributed by atoms with Crippen LogP contribution in [0.3, 0.4) is 0 Å². The third-order valence-corrected chi connectivity index (χ3v) is 7.36. The Labute approximate surface area is 226 Å². The minimum absolute atomic E-state index is 0.177. The van der Waals surface area contributed by atoms with Crippen molar-refractivity contribution in [3.05, 3.63) is 77.9 Å². The Morgan fingerprint density at radius 1 is 0.816 bits per heavy atom. The number of amides is 2. The van der Waals surface area contributed by atoms with E-state index in [1.54, 1.807) is 45.5 Å². The number of primary amides is 1. The van der Waals surface area contributed by atoms with E-state index in [-0.39, 0.29) is 6.04 Å². The molecule has 204 valence electrons. The number of urea groups is 1. The van der Waals surface area contributed by atoms with Crippen molar-refractivity contribution in [2.75, 3.05) is 60.0 Å². The predicted octanol–water partition coefficient (Wildman–Crippen LogP) is 5.06. The van der Waals surface area contributed by atoms with Gasteiger partial charge in [-0.2, -0.15) is 0 Å². The second-order valence-corrected chi connectivity index (χ2v) is 9.48. The summed E-state index contributed by atoms with van der Waals surface area (Å²) in [7, 11) is 8.66. The number of nitrogens with zero attached hydrogens (tertiary/aromatic N) is 2. The molecule has 8 nitrogen and oxygen atoms in total. The molecule has 0 fully saturated rings. The van der Waals surface area contributed by atoms with Crippen molar-refractivity contribution in [3.8, 4) is 23.0 Å². The molecule has 3 aromatic rings. The molecule has 0 saturated heterocycles. The molecule has 0 bridgehead atoms. The number of carbonyl (C=O) groups excluding carboxylic acids is 1. The van der Waals surface area contributed by atoms with Gasteiger partial charge in [0.2, 0.25) is 0 Å². The van der Waals surface area contributed by atoms with Crippen LogP contribution in [0.5, 0.6) is 23.0 Å². The van der Waals surface area contributed by atoms with Gasteiger partial charge < -0.3 is 29.2 Å². The predicted molar refractivity (Wildman–Crippen MR) is 151 cm³/mol. The molecule has 3 aromatic carbocycles. The van der Waals surface area contributed by atoms with Crippen molar-refractivity contribution in [2.45, 2.75) is 19.4 Å². The molecule has 0 heterocycles. The van der Waals surface area contributed by atoms with Gasteiger partial charge in [0.05, 0.1) is 55.1 Å². The lowest BCUT2D eigenvalue weighted by atomic mass is 10.0. The lowest BCUT2D eigenvalue weighted by Gasteiger charge is -2.41. The first kappa shape index (κ1) is 28.7. The summed E-state index contributed by atoms with van der Waals surface area (Å²) in [6.07, 6.45) is 0.820. The van der Waals surface area contributed by atoms with Crippen LogP contribution in [0, 0.1) is 0 Å². The first-order valence-corrected chi connectivity index (χ1v) is 12.6. The highest BCUT2D eigenvalue weighted by Crippen LogP contribution is 2.33. The van der Waals surface area contributed by atoms with Crippen LogP contribution in [-0.4, -0.2) is 65.6 Å². The fourth-order valence-electron chi connectivity index (χ4n) is 4.70. The summed E-state index contributed by atoms with van der Waals surface area (Å²) in [5.41, 5.74) is 8.90. The molecule has 0 saturated carbocycles. The molecule has 3 rings (SSSR count). The van der Waals surface area contributed by atoms with E-state index >= 15 is 0 Å². The van der Waals surface area contributed by atoms with Crippen LogP contribution in [0.2, 0.25) is 0 Å². The molecular weight excluding hydrogens is 482 g/mol. The zero-order chi connectivity index (χ0) is 27.7. The van der Waals surface area contributed by atoms with Gasteiger partial charge in [-0.05, 0) is 36.8 Å². The van der Waals surface area contributed by atoms with Crippen molar-refractivity contribution in [2.24, 2.45) is 5.73 Å². The van der Waals surface area contributed by atoms with Crippen LogP contribution in [0.15, 0.2) is 66.7 Å². The minimum Gasteiger partial charge on any atom is -0.493 e. The van der Waals surface area contributed by atoms with E-state index in [9.17, 15) is 4.79 Å². The number of quaternary nitrogens is 1. The van der Waals surface area contributed by atoms with Gasteiger partial charge in [0.15, 0.2) is 23.0 Å². The number of rotatable bonds is 13. The molecule has 38 heavy (non-hydrogen) atoms. The normalized spacial score (nSPS) is 13.2. The van der Waals surface area contributed by atoms with Crippen LogP contribution < -0.4 is 29.6 Å². The molecule has 2 N–H and O–H groups in total. The summed E-state index contributed by atoms with van der Waals surface area (Å²) in [5, 5.41) is 0. The average molecular weight is 523 g/mol. The Morgan fingerprint density at radius 3 is 1.97 bits per heavy atom. The highest BCUT2D eigenvalue weighted by atomic mass is 16.5. The van der Waals surface area contributed by atoms with E-state index < -0.39 is 6.03 Å². The average Bonchev–Trinajstić information content (AvgIpc) is 2.95. The zero-order valence-corrected chi connectivity index (χ0v) is 23.3. The Balaban J connectivity index is 1.88. The van der Waals surface area contributed by atoms with Gasteiger partial charge in [-0.3, -0.25) is 4.90 Å². The Kier molecular flexibility index (Phi) is 9.85. The summed E-state index contributed by atoms with van der Waals surface area (Å²) >= 11 is 0. The van der Waals surface area contributed by atoms with E-state index in [0.29, 0.717) is 46.3 Å². The summed E-state index contributed by atoms with van der Waals surface area (Å²) in [6.45, 7) is 4.18. The molecule has 0 aliphatic rings. The first-order valence-electron chi connectivity index (χ1n) is 12.6. The van der Waals surface area contributed by atoms with Crippen molar-refractivity contribution in [3.63, 3.8) is 0 Å². The summed E-state index contributed by atoms with van der Waals surface area (Å²) < 4.78 is 22.4. The number of carbonyl (C=O) groups is 1. The molecule has 0 aromatic heterocycles. The van der Waals surface area contributed by atoms with E-state index in [0.717, 1.165) is 18.5 Å².